The summed E-state index contributed by atoms with van der Waals surface area (Å²) in [6.07, 6.45) is 5.94. The van der Waals surface area contributed by atoms with Crippen molar-refractivity contribution < 1.29 is 0 Å². The van der Waals surface area contributed by atoms with Crippen LogP contribution >= 0.6 is 12.2 Å². The Morgan fingerprint density at radius 2 is 1.90 bits per heavy atom. The number of nitrogens with one attached hydrogen (secondary N) is 2. The van der Waals surface area contributed by atoms with Gasteiger partial charge in [-0.15, -0.1) is 0 Å². The molecule has 2 aromatic carbocycles. The molecule has 0 unspecified atom stereocenters. The largest absolute Gasteiger partial charge is 0.397 e. The number of anilines is 2. The number of thiocarbonyl (C=S) groups is 1. The second-order valence-corrected chi connectivity index (χ2v) is 10.4. The Hall–Kier alpha value is -2.07. The van der Waals surface area contributed by atoms with Crippen LogP contribution in [0.5, 0.6) is 0 Å². The van der Waals surface area contributed by atoms with Crippen LogP contribution in [0.3, 0.4) is 0 Å². The van der Waals surface area contributed by atoms with E-state index in [1.165, 1.54) is 24.8 Å². The van der Waals surface area contributed by atoms with E-state index in [0.717, 1.165) is 18.5 Å². The molecule has 0 aromatic heterocycles. The van der Waals surface area contributed by atoms with Gasteiger partial charge in [0.2, 0.25) is 0 Å². The molecule has 0 saturated heterocycles. The lowest BCUT2D eigenvalue weighted by molar-refractivity contribution is 0.0770. The van der Waals surface area contributed by atoms with Gasteiger partial charge in [0.1, 0.15) is 0 Å². The topological polar surface area (TPSA) is 50.1 Å². The van der Waals surface area contributed by atoms with Gasteiger partial charge in [-0.25, -0.2) is 0 Å². The maximum atomic E-state index is 6.10. The van der Waals surface area contributed by atoms with Crippen LogP contribution in [0.15, 0.2) is 42.5 Å². The third-order valence-electron chi connectivity index (χ3n) is 7.65. The van der Waals surface area contributed by atoms with Gasteiger partial charge in [-0.3, -0.25) is 0 Å². The summed E-state index contributed by atoms with van der Waals surface area (Å²) < 4.78 is 0. The van der Waals surface area contributed by atoms with Crippen molar-refractivity contribution in [1.29, 1.82) is 0 Å². The normalized spacial score (nSPS) is 27.8. The van der Waals surface area contributed by atoms with Gasteiger partial charge in [0, 0.05) is 5.54 Å². The van der Waals surface area contributed by atoms with Gasteiger partial charge >= 0.3 is 0 Å². The lowest BCUT2D eigenvalue weighted by Crippen LogP contribution is -2.61. The first kappa shape index (κ1) is 21.2. The number of rotatable bonds is 3. The number of benzene rings is 2. The van der Waals surface area contributed by atoms with Crippen LogP contribution in [0.4, 0.5) is 11.4 Å². The molecule has 0 bridgehead atoms. The fraction of sp³-hybridized carbons (Fsp3) is 0.500. The van der Waals surface area contributed by atoms with Crippen LogP contribution in [-0.4, -0.2) is 10.7 Å². The first-order valence-electron chi connectivity index (χ1n) is 11.3. The predicted octanol–water partition coefficient (Wildman–Crippen LogP) is 6.14. The molecule has 4 heteroatoms. The number of para-hydroxylation sites is 2. The Kier molecular flexibility index (Phi) is 5.56. The maximum Gasteiger partial charge on any atom is 0.171 e. The number of nitrogen functional groups attached to an aromatic ring is 1. The molecule has 3 atom stereocenters. The Bertz CT molecular complexity index is 953. The van der Waals surface area contributed by atoms with Crippen LogP contribution in [-0.2, 0) is 11.8 Å². The standard InChI is InChI=1S/C26H35N3S/c1-17(2)18-10-12-20-19(16-18)11-13-23-25(20,3)14-7-15-26(23,4)29-24(30)28-22-9-6-5-8-21(22)27/h5-6,8-10,12,16-17,23H,7,11,13-15,27H2,1-4H3,(H2,28,29,30)/t23-,25-,26-/m1/s1. The average molecular weight is 422 g/mol. The lowest BCUT2D eigenvalue weighted by Gasteiger charge is -2.56. The SMILES string of the molecule is CC(C)c1ccc2c(c1)CC[C@H]1[C@](C)(NC(=S)Nc3ccccc3N)CCC[C@]21C. The van der Waals surface area contributed by atoms with E-state index in [-0.39, 0.29) is 11.0 Å². The number of nitrogens with two attached hydrogens (primary N) is 1. The molecule has 2 aromatic rings. The predicted molar refractivity (Wildman–Crippen MR) is 132 cm³/mol. The molecule has 0 spiro atoms. The molecule has 0 aliphatic heterocycles. The number of aryl methyl sites for hydroxylation is 1. The van der Waals surface area contributed by atoms with Crippen molar-refractivity contribution in [3.05, 3.63) is 59.2 Å². The van der Waals surface area contributed by atoms with Crippen LogP contribution in [0.1, 0.15) is 76.0 Å². The molecule has 160 valence electrons. The van der Waals surface area contributed by atoms with Crippen molar-refractivity contribution in [3.63, 3.8) is 0 Å². The van der Waals surface area contributed by atoms with E-state index in [2.05, 4.69) is 56.5 Å². The third-order valence-corrected chi connectivity index (χ3v) is 7.86. The minimum absolute atomic E-state index is 0.0327. The monoisotopic (exact) mass is 421 g/mol. The van der Waals surface area contributed by atoms with Gasteiger partial charge in [-0.05, 0) is 90.9 Å². The summed E-state index contributed by atoms with van der Waals surface area (Å²) in [6, 6.07) is 15.0. The quantitative estimate of drug-likeness (QED) is 0.411. The van der Waals surface area contributed by atoms with Gasteiger partial charge in [0.15, 0.2) is 5.11 Å². The van der Waals surface area contributed by atoms with Crippen molar-refractivity contribution >= 4 is 28.7 Å². The smallest absolute Gasteiger partial charge is 0.171 e. The van der Waals surface area contributed by atoms with E-state index < -0.39 is 0 Å². The van der Waals surface area contributed by atoms with E-state index in [1.807, 2.05) is 24.3 Å². The van der Waals surface area contributed by atoms with Crippen molar-refractivity contribution in [2.75, 3.05) is 11.1 Å². The van der Waals surface area contributed by atoms with Gasteiger partial charge < -0.3 is 16.4 Å². The fourth-order valence-corrected chi connectivity index (χ4v) is 6.39. The molecule has 0 radical (unpaired) electrons. The molecule has 4 N–H and O–H groups in total. The van der Waals surface area contributed by atoms with Gasteiger partial charge in [-0.1, -0.05) is 57.5 Å². The lowest BCUT2D eigenvalue weighted by atomic mass is 9.52. The zero-order valence-electron chi connectivity index (χ0n) is 18.7. The Morgan fingerprint density at radius 3 is 2.63 bits per heavy atom. The number of hydrogen-bond donors (Lipinski definition) is 3. The summed E-state index contributed by atoms with van der Waals surface area (Å²) in [6.45, 7) is 9.41. The highest BCUT2D eigenvalue weighted by Gasteiger charge is 2.52. The molecule has 0 amide bonds. The molecular weight excluding hydrogens is 386 g/mol. The Morgan fingerprint density at radius 1 is 1.13 bits per heavy atom. The summed E-state index contributed by atoms with van der Waals surface area (Å²) in [5, 5.41) is 7.71. The molecule has 4 rings (SSSR count). The van der Waals surface area contributed by atoms with Crippen LogP contribution in [0.25, 0.3) is 0 Å². The van der Waals surface area contributed by atoms with E-state index in [9.17, 15) is 0 Å². The fourth-order valence-electron chi connectivity index (χ4n) is 6.04. The molecule has 30 heavy (non-hydrogen) atoms. The summed E-state index contributed by atoms with van der Waals surface area (Å²) in [5.74, 6) is 1.12. The van der Waals surface area contributed by atoms with Gasteiger partial charge in [-0.2, -0.15) is 0 Å². The summed E-state index contributed by atoms with van der Waals surface area (Å²) in [5.41, 5.74) is 12.4. The van der Waals surface area contributed by atoms with Crippen LogP contribution in [0, 0.1) is 5.92 Å². The highest BCUT2D eigenvalue weighted by molar-refractivity contribution is 7.80. The van der Waals surface area contributed by atoms with E-state index in [1.54, 1.807) is 11.1 Å². The van der Waals surface area contributed by atoms with Crippen molar-refractivity contribution in [1.82, 2.24) is 5.32 Å². The van der Waals surface area contributed by atoms with Crippen LogP contribution < -0.4 is 16.4 Å². The first-order chi connectivity index (χ1) is 14.2. The van der Waals surface area contributed by atoms with E-state index >= 15 is 0 Å². The molecule has 2 aliphatic rings. The highest BCUT2D eigenvalue weighted by atomic mass is 32.1. The Balaban J connectivity index is 1.59. The zero-order chi connectivity index (χ0) is 21.5. The number of hydrogen-bond acceptors (Lipinski definition) is 2. The second kappa shape index (κ2) is 7.88. The minimum atomic E-state index is -0.0327. The maximum absolute atomic E-state index is 6.10. The van der Waals surface area contributed by atoms with Crippen molar-refractivity contribution in [3.8, 4) is 0 Å². The molecular formula is C26H35N3S. The summed E-state index contributed by atoms with van der Waals surface area (Å²) in [7, 11) is 0. The zero-order valence-corrected chi connectivity index (χ0v) is 19.5. The second-order valence-electron chi connectivity index (χ2n) is 10.0. The molecule has 0 heterocycles. The van der Waals surface area contributed by atoms with Gasteiger partial charge in [0.25, 0.3) is 0 Å². The van der Waals surface area contributed by atoms with E-state index in [0.29, 0.717) is 22.6 Å². The molecule has 1 saturated carbocycles. The molecule has 1 fully saturated rings. The van der Waals surface area contributed by atoms with Crippen LogP contribution in [0.2, 0.25) is 0 Å². The molecule has 3 nitrogen and oxygen atoms in total. The van der Waals surface area contributed by atoms with Gasteiger partial charge in [0.05, 0.1) is 11.4 Å². The summed E-state index contributed by atoms with van der Waals surface area (Å²) in [4.78, 5) is 0. The van der Waals surface area contributed by atoms with E-state index in [4.69, 9.17) is 18.0 Å². The third kappa shape index (κ3) is 3.71. The summed E-state index contributed by atoms with van der Waals surface area (Å²) >= 11 is 5.72. The average Bonchev–Trinajstić information content (AvgIpc) is 2.69. The highest BCUT2D eigenvalue weighted by Crippen LogP contribution is 2.53. The van der Waals surface area contributed by atoms with Crippen molar-refractivity contribution in [2.24, 2.45) is 5.92 Å². The van der Waals surface area contributed by atoms with Crippen molar-refractivity contribution in [2.45, 2.75) is 76.7 Å². The number of fused-ring (bicyclic) bond motifs is 3. The minimum Gasteiger partial charge on any atom is -0.397 e. The Labute approximate surface area is 186 Å². The molecule has 2 aliphatic carbocycles. The first-order valence-corrected chi connectivity index (χ1v) is 11.7.